The van der Waals surface area contributed by atoms with Gasteiger partial charge in [-0.2, -0.15) is 0 Å². The van der Waals surface area contributed by atoms with Crippen molar-refractivity contribution in [2.75, 3.05) is 7.11 Å². The minimum Gasteiger partial charge on any atom is -0.467 e. The molecule has 0 bridgehead atoms. The van der Waals surface area contributed by atoms with Crippen molar-refractivity contribution in [2.24, 2.45) is 5.16 Å². The van der Waals surface area contributed by atoms with Gasteiger partial charge in [0.2, 0.25) is 6.10 Å². The zero-order valence-electron chi connectivity index (χ0n) is 13.8. The first-order valence-corrected chi connectivity index (χ1v) is 8.33. The minimum atomic E-state index is -0.928. The van der Waals surface area contributed by atoms with Crippen LogP contribution in [-0.4, -0.2) is 36.3 Å². The fraction of sp³-hybridized carbons (Fsp3) is 0.500. The second-order valence-corrected chi connectivity index (χ2v) is 6.33. The van der Waals surface area contributed by atoms with Crippen molar-refractivity contribution in [1.82, 2.24) is 5.32 Å². The van der Waals surface area contributed by atoms with Gasteiger partial charge in [0.25, 0.3) is 5.91 Å². The molecule has 6 nitrogen and oxygen atoms in total. The summed E-state index contributed by atoms with van der Waals surface area (Å²) >= 11 is 0. The predicted octanol–water partition coefficient (Wildman–Crippen LogP) is 2.17. The average molecular weight is 330 g/mol. The van der Waals surface area contributed by atoms with Crippen LogP contribution >= 0.6 is 0 Å². The van der Waals surface area contributed by atoms with Gasteiger partial charge in [0, 0.05) is 6.42 Å². The van der Waals surface area contributed by atoms with Crippen molar-refractivity contribution in [3.8, 4) is 0 Å². The summed E-state index contributed by atoms with van der Waals surface area (Å²) in [5, 5.41) is 6.91. The maximum atomic E-state index is 12.6. The molecule has 6 heteroatoms. The molecule has 1 aliphatic heterocycles. The van der Waals surface area contributed by atoms with Gasteiger partial charge in [-0.3, -0.25) is 4.79 Å². The number of nitrogens with zero attached hydrogens (tertiary/aromatic N) is 1. The van der Waals surface area contributed by atoms with E-state index in [-0.39, 0.29) is 11.9 Å². The molecule has 1 fully saturated rings. The van der Waals surface area contributed by atoms with Crippen LogP contribution < -0.4 is 5.32 Å². The number of carbonyl (C=O) groups is 2. The van der Waals surface area contributed by atoms with Crippen molar-refractivity contribution in [2.45, 2.75) is 50.2 Å². The van der Waals surface area contributed by atoms with E-state index in [1.165, 1.54) is 7.11 Å². The van der Waals surface area contributed by atoms with Crippen LogP contribution in [0, 0.1) is 0 Å². The Morgan fingerprint density at radius 1 is 1.21 bits per heavy atom. The normalized spacial score (nSPS) is 22.2. The van der Waals surface area contributed by atoms with Gasteiger partial charge in [0.15, 0.2) is 0 Å². The van der Waals surface area contributed by atoms with Gasteiger partial charge in [-0.05, 0) is 18.4 Å². The highest BCUT2D eigenvalue weighted by Crippen LogP contribution is 2.30. The van der Waals surface area contributed by atoms with Crippen molar-refractivity contribution in [3.05, 3.63) is 35.9 Å². The highest BCUT2D eigenvalue weighted by atomic mass is 16.6. The van der Waals surface area contributed by atoms with E-state index >= 15 is 0 Å². The Hall–Kier alpha value is -2.37. The van der Waals surface area contributed by atoms with Crippen LogP contribution in [0.15, 0.2) is 35.5 Å². The number of ether oxygens (including phenoxy) is 1. The molecule has 1 saturated carbocycles. The summed E-state index contributed by atoms with van der Waals surface area (Å²) in [6.07, 6.45) is 3.75. The highest BCUT2D eigenvalue weighted by Gasteiger charge is 2.44. The summed E-state index contributed by atoms with van der Waals surface area (Å²) in [7, 11) is 1.35. The summed E-state index contributed by atoms with van der Waals surface area (Å²) < 4.78 is 4.92. The van der Waals surface area contributed by atoms with Gasteiger partial charge < -0.3 is 14.9 Å². The molecule has 0 spiro atoms. The lowest BCUT2D eigenvalue weighted by Crippen LogP contribution is -2.58. The lowest BCUT2D eigenvalue weighted by atomic mass is 9.81. The van der Waals surface area contributed by atoms with Crippen molar-refractivity contribution < 1.29 is 19.2 Å². The lowest BCUT2D eigenvalue weighted by molar-refractivity contribution is -0.154. The van der Waals surface area contributed by atoms with Crippen LogP contribution in [0.2, 0.25) is 0 Å². The average Bonchev–Trinajstić information content (AvgIpc) is 3.13. The van der Waals surface area contributed by atoms with Gasteiger partial charge in [-0.1, -0.05) is 54.8 Å². The van der Waals surface area contributed by atoms with Crippen molar-refractivity contribution in [1.29, 1.82) is 0 Å². The molecule has 0 unspecified atom stereocenters. The van der Waals surface area contributed by atoms with Gasteiger partial charge in [-0.15, -0.1) is 0 Å². The Labute approximate surface area is 141 Å². The quantitative estimate of drug-likeness (QED) is 0.858. The minimum absolute atomic E-state index is 0.308. The van der Waals surface area contributed by atoms with Crippen LogP contribution in [0.3, 0.4) is 0 Å². The van der Waals surface area contributed by atoms with E-state index in [1.807, 2.05) is 30.3 Å². The highest BCUT2D eigenvalue weighted by molar-refractivity contribution is 6.04. The largest absolute Gasteiger partial charge is 0.467 e. The third kappa shape index (κ3) is 3.27. The van der Waals surface area contributed by atoms with Gasteiger partial charge in [0.1, 0.15) is 5.54 Å². The van der Waals surface area contributed by atoms with Gasteiger partial charge >= 0.3 is 5.97 Å². The molecule has 1 N–H and O–H groups in total. The Balaban J connectivity index is 1.66. The number of hydrogen-bond donors (Lipinski definition) is 1. The number of hydrogen-bond acceptors (Lipinski definition) is 5. The molecule has 2 aliphatic rings. The molecule has 1 aromatic carbocycles. The molecule has 3 rings (SSSR count). The van der Waals surface area contributed by atoms with E-state index in [0.717, 1.165) is 30.5 Å². The van der Waals surface area contributed by atoms with Gasteiger partial charge in [0.05, 0.1) is 12.8 Å². The first-order chi connectivity index (χ1) is 11.6. The zero-order valence-corrected chi connectivity index (χ0v) is 13.8. The number of benzene rings is 1. The number of nitrogens with one attached hydrogen (secondary N) is 1. The maximum Gasteiger partial charge on any atom is 0.331 e. The van der Waals surface area contributed by atoms with Crippen LogP contribution in [0.1, 0.15) is 44.1 Å². The van der Waals surface area contributed by atoms with E-state index in [2.05, 4.69) is 10.5 Å². The summed E-state index contributed by atoms with van der Waals surface area (Å²) in [6.45, 7) is 0. The Morgan fingerprint density at radius 3 is 2.58 bits per heavy atom. The third-order valence-corrected chi connectivity index (χ3v) is 4.71. The van der Waals surface area contributed by atoms with E-state index in [9.17, 15) is 9.59 Å². The van der Waals surface area contributed by atoms with E-state index in [1.54, 1.807) is 0 Å². The molecular formula is C18H22N2O4. The summed E-state index contributed by atoms with van der Waals surface area (Å²) in [5.74, 6) is -0.685. The molecule has 1 aromatic rings. The molecule has 1 atom stereocenters. The second kappa shape index (κ2) is 7.03. The summed E-state index contributed by atoms with van der Waals surface area (Å²) in [4.78, 5) is 30.1. The first-order valence-electron chi connectivity index (χ1n) is 8.33. The molecule has 0 aromatic heterocycles. The molecule has 1 amide bonds. The van der Waals surface area contributed by atoms with Crippen LogP contribution in [0.5, 0.6) is 0 Å². The lowest BCUT2D eigenvalue weighted by Gasteiger charge is -2.35. The van der Waals surface area contributed by atoms with E-state index in [4.69, 9.17) is 9.57 Å². The Morgan fingerprint density at radius 2 is 1.92 bits per heavy atom. The molecule has 1 heterocycles. The summed E-state index contributed by atoms with van der Waals surface area (Å²) in [5.41, 5.74) is 0.753. The number of methoxy groups -OCH3 is 1. The monoisotopic (exact) mass is 330 g/mol. The second-order valence-electron chi connectivity index (χ2n) is 6.33. The number of esters is 1. The van der Waals surface area contributed by atoms with Crippen LogP contribution in [0.25, 0.3) is 0 Å². The maximum absolute atomic E-state index is 12.6. The number of carbonyl (C=O) groups excluding carboxylic acids is 2. The standard InChI is InChI=1S/C18H22N2O4/c1-23-17(22)18(10-6-3-7-11-18)19-16(21)15-12-14(20-24-15)13-8-4-2-5-9-13/h2,4-5,8-9,15H,3,6-7,10-12H2,1H3,(H,19,21)/t15-/m0/s1. The molecule has 0 saturated heterocycles. The molecule has 24 heavy (non-hydrogen) atoms. The number of amides is 1. The summed E-state index contributed by atoms with van der Waals surface area (Å²) in [6, 6.07) is 9.62. The van der Waals surface area contributed by atoms with Gasteiger partial charge in [-0.25, -0.2) is 4.79 Å². The van der Waals surface area contributed by atoms with Crippen LogP contribution in [-0.2, 0) is 19.2 Å². The molecular weight excluding hydrogens is 308 g/mol. The number of oxime groups is 1. The molecule has 1 aliphatic carbocycles. The SMILES string of the molecule is COC(=O)C1(NC(=O)[C@@H]2CC(c3ccccc3)=NO2)CCCCC1. The Kier molecular flexibility index (Phi) is 4.83. The molecule has 128 valence electrons. The zero-order chi connectivity index (χ0) is 17.0. The van der Waals surface area contributed by atoms with Crippen LogP contribution in [0.4, 0.5) is 0 Å². The molecule has 0 radical (unpaired) electrons. The van der Waals surface area contributed by atoms with E-state index in [0.29, 0.717) is 19.3 Å². The topological polar surface area (TPSA) is 77.0 Å². The third-order valence-electron chi connectivity index (χ3n) is 4.71. The first kappa shape index (κ1) is 16.5. The van der Waals surface area contributed by atoms with E-state index < -0.39 is 11.6 Å². The number of rotatable bonds is 4. The fourth-order valence-electron chi connectivity index (χ4n) is 3.37. The Bertz CT molecular complexity index is 636. The van der Waals surface area contributed by atoms with Crippen molar-refractivity contribution >= 4 is 17.6 Å². The van der Waals surface area contributed by atoms with Crippen molar-refractivity contribution in [3.63, 3.8) is 0 Å². The fourth-order valence-corrected chi connectivity index (χ4v) is 3.37. The smallest absolute Gasteiger partial charge is 0.331 e. The predicted molar refractivity (Wildman–Crippen MR) is 88.4 cm³/mol.